The van der Waals surface area contributed by atoms with Crippen LogP contribution in [0.25, 0.3) is 11.1 Å². The minimum Gasteiger partial charge on any atom is -0.508 e. The number of phenolic OH excluding ortho intramolecular Hbond substituents is 1. The Morgan fingerprint density at radius 2 is 1.69 bits per heavy atom. The Morgan fingerprint density at radius 3 is 2.26 bits per heavy atom. The molecule has 9 heteroatoms. The van der Waals surface area contributed by atoms with Crippen molar-refractivity contribution in [1.29, 1.82) is 0 Å². The smallest absolute Gasteiger partial charge is 0.416 e. The average molecular weight is 506 g/mol. The van der Waals surface area contributed by atoms with Crippen molar-refractivity contribution in [3.05, 3.63) is 83.4 Å². The molecule has 35 heavy (non-hydrogen) atoms. The summed E-state index contributed by atoms with van der Waals surface area (Å²) in [6.07, 6.45) is -3.11. The molecular weight excluding hydrogens is 479 g/mol. The van der Waals surface area contributed by atoms with Crippen molar-refractivity contribution in [3.8, 4) is 16.9 Å². The highest BCUT2D eigenvalue weighted by atomic mass is 32.2. The van der Waals surface area contributed by atoms with Gasteiger partial charge in [0.25, 0.3) is 10.1 Å². The average Bonchev–Trinajstić information content (AvgIpc) is 3.34. The van der Waals surface area contributed by atoms with Crippen molar-refractivity contribution in [2.24, 2.45) is 5.92 Å². The van der Waals surface area contributed by atoms with Crippen molar-refractivity contribution < 1.29 is 31.2 Å². The van der Waals surface area contributed by atoms with Gasteiger partial charge in [0, 0.05) is 11.1 Å². The van der Waals surface area contributed by atoms with Crippen LogP contribution in [0, 0.1) is 5.92 Å². The Morgan fingerprint density at radius 1 is 1.00 bits per heavy atom. The van der Waals surface area contributed by atoms with E-state index in [2.05, 4.69) is 5.32 Å². The van der Waals surface area contributed by atoms with E-state index in [-0.39, 0.29) is 40.0 Å². The maximum Gasteiger partial charge on any atom is 0.416 e. The van der Waals surface area contributed by atoms with Crippen LogP contribution in [0.2, 0.25) is 0 Å². The third kappa shape index (κ3) is 5.69. The highest BCUT2D eigenvalue weighted by Crippen LogP contribution is 2.40. The summed E-state index contributed by atoms with van der Waals surface area (Å²) in [7, 11) is -4.69. The predicted molar refractivity (Wildman–Crippen MR) is 127 cm³/mol. The van der Waals surface area contributed by atoms with Crippen LogP contribution in [-0.2, 0) is 22.7 Å². The standard InChI is InChI=1S/C26H26F3NO4S/c27-26(28,29)20-8-6-18(7-9-20)21(19-14-15-30-16-19)10-11-23-24(31)13-12-22(25(23)35(32,33)34)17-4-2-1-3-5-17/h1-9,12-13,19,21,30-31H,10-11,14-16H2,(H,32,33,34)/t19-,21-/m1/s1. The molecule has 3 N–H and O–H groups in total. The molecule has 1 aliphatic heterocycles. The van der Waals surface area contributed by atoms with Gasteiger partial charge in [0.05, 0.1) is 5.56 Å². The number of nitrogens with one attached hydrogen (secondary N) is 1. The molecule has 0 saturated carbocycles. The van der Waals surface area contributed by atoms with Gasteiger partial charge in [-0.05, 0) is 79.6 Å². The summed E-state index contributed by atoms with van der Waals surface area (Å²) in [5, 5.41) is 13.9. The van der Waals surface area contributed by atoms with Crippen LogP contribution in [0.15, 0.2) is 71.6 Å². The predicted octanol–water partition coefficient (Wildman–Crippen LogP) is 5.65. The molecule has 0 unspecified atom stereocenters. The van der Waals surface area contributed by atoms with Crippen molar-refractivity contribution in [2.75, 3.05) is 13.1 Å². The number of aromatic hydroxyl groups is 1. The van der Waals surface area contributed by atoms with Crippen LogP contribution in [0.5, 0.6) is 5.75 Å². The Labute approximate surface area is 202 Å². The first kappa shape index (κ1) is 25.2. The van der Waals surface area contributed by atoms with Gasteiger partial charge in [-0.15, -0.1) is 0 Å². The second-order valence-corrected chi connectivity index (χ2v) is 10.2. The summed E-state index contributed by atoms with van der Waals surface area (Å²) in [6, 6.07) is 16.6. The second kappa shape index (κ2) is 10.0. The minimum atomic E-state index is -4.69. The lowest BCUT2D eigenvalue weighted by molar-refractivity contribution is -0.137. The molecule has 0 bridgehead atoms. The largest absolute Gasteiger partial charge is 0.508 e. The fourth-order valence-electron chi connectivity index (χ4n) is 4.91. The van der Waals surface area contributed by atoms with E-state index in [9.17, 15) is 31.2 Å². The Kier molecular flexibility index (Phi) is 7.21. The number of benzene rings is 3. The van der Waals surface area contributed by atoms with Crippen molar-refractivity contribution >= 4 is 10.1 Å². The van der Waals surface area contributed by atoms with Gasteiger partial charge in [-0.1, -0.05) is 42.5 Å². The summed E-state index contributed by atoms with van der Waals surface area (Å²) >= 11 is 0. The van der Waals surface area contributed by atoms with Gasteiger partial charge < -0.3 is 10.4 Å². The maximum atomic E-state index is 13.1. The molecule has 0 amide bonds. The lowest BCUT2D eigenvalue weighted by Crippen LogP contribution is -2.18. The summed E-state index contributed by atoms with van der Waals surface area (Å²) in [6.45, 7) is 1.47. The van der Waals surface area contributed by atoms with E-state index < -0.39 is 21.9 Å². The number of alkyl halides is 3. The first-order valence-electron chi connectivity index (χ1n) is 11.3. The number of rotatable bonds is 7. The zero-order valence-corrected chi connectivity index (χ0v) is 19.6. The summed E-state index contributed by atoms with van der Waals surface area (Å²) in [5.74, 6) is -0.283. The summed E-state index contributed by atoms with van der Waals surface area (Å²) in [4.78, 5) is -0.348. The lowest BCUT2D eigenvalue weighted by atomic mass is 9.81. The highest BCUT2D eigenvalue weighted by molar-refractivity contribution is 7.86. The van der Waals surface area contributed by atoms with Crippen molar-refractivity contribution in [1.82, 2.24) is 5.32 Å². The zero-order chi connectivity index (χ0) is 25.2. The molecule has 186 valence electrons. The molecule has 2 atom stereocenters. The lowest BCUT2D eigenvalue weighted by Gasteiger charge is -2.25. The number of hydrogen-bond donors (Lipinski definition) is 3. The van der Waals surface area contributed by atoms with Gasteiger partial charge in [-0.3, -0.25) is 4.55 Å². The van der Waals surface area contributed by atoms with Gasteiger partial charge in [0.2, 0.25) is 0 Å². The molecule has 3 aromatic rings. The van der Waals surface area contributed by atoms with Gasteiger partial charge in [0.15, 0.2) is 0 Å². The summed E-state index contributed by atoms with van der Waals surface area (Å²) < 4.78 is 74.1. The van der Waals surface area contributed by atoms with Crippen molar-refractivity contribution in [3.63, 3.8) is 0 Å². The molecule has 1 saturated heterocycles. The van der Waals surface area contributed by atoms with Crippen LogP contribution in [0.3, 0.4) is 0 Å². The molecule has 0 aliphatic carbocycles. The van der Waals surface area contributed by atoms with E-state index in [4.69, 9.17) is 0 Å². The van der Waals surface area contributed by atoms with Gasteiger partial charge in [0.1, 0.15) is 10.6 Å². The Bertz CT molecular complexity index is 1270. The highest BCUT2D eigenvalue weighted by Gasteiger charge is 2.32. The molecule has 5 nitrogen and oxygen atoms in total. The van der Waals surface area contributed by atoms with E-state index in [1.54, 1.807) is 30.3 Å². The van der Waals surface area contributed by atoms with Gasteiger partial charge in [-0.2, -0.15) is 21.6 Å². The fourth-order valence-corrected chi connectivity index (χ4v) is 5.89. The molecule has 3 aromatic carbocycles. The molecule has 0 aromatic heterocycles. The topological polar surface area (TPSA) is 86.6 Å². The number of hydrogen-bond acceptors (Lipinski definition) is 4. The third-order valence-corrected chi connectivity index (χ3v) is 7.60. The fraction of sp³-hybridized carbons (Fsp3) is 0.308. The van der Waals surface area contributed by atoms with Gasteiger partial charge >= 0.3 is 6.18 Å². The van der Waals surface area contributed by atoms with Crippen LogP contribution in [0.1, 0.15) is 35.4 Å². The van der Waals surface area contributed by atoms with E-state index in [0.29, 0.717) is 18.5 Å². The van der Waals surface area contributed by atoms with Gasteiger partial charge in [-0.25, -0.2) is 0 Å². The zero-order valence-electron chi connectivity index (χ0n) is 18.8. The van der Waals surface area contributed by atoms with E-state index in [1.807, 2.05) is 0 Å². The second-order valence-electron chi connectivity index (χ2n) is 8.80. The molecule has 1 aliphatic rings. The SMILES string of the molecule is O=S(=O)(O)c1c(-c2ccccc2)ccc(O)c1CC[C@H](c1ccc(C(F)(F)F)cc1)[C@@H]1CCNC1. The summed E-state index contributed by atoms with van der Waals surface area (Å²) in [5.41, 5.74) is 0.928. The van der Waals surface area contributed by atoms with Crippen LogP contribution < -0.4 is 5.32 Å². The first-order valence-corrected chi connectivity index (χ1v) is 12.8. The maximum absolute atomic E-state index is 13.1. The van der Waals surface area contributed by atoms with Crippen LogP contribution in [-0.4, -0.2) is 31.2 Å². The number of halogens is 3. The molecular formula is C26H26F3NO4S. The molecule has 0 radical (unpaired) electrons. The van der Waals surface area contributed by atoms with E-state index in [1.165, 1.54) is 24.3 Å². The molecule has 0 spiro atoms. The molecule has 1 fully saturated rings. The van der Waals surface area contributed by atoms with E-state index in [0.717, 1.165) is 30.7 Å². The third-order valence-electron chi connectivity index (χ3n) is 6.62. The first-order chi connectivity index (χ1) is 16.6. The van der Waals surface area contributed by atoms with Crippen LogP contribution in [0.4, 0.5) is 13.2 Å². The Balaban J connectivity index is 1.71. The van der Waals surface area contributed by atoms with Crippen LogP contribution >= 0.6 is 0 Å². The quantitative estimate of drug-likeness (QED) is 0.361. The van der Waals surface area contributed by atoms with E-state index >= 15 is 0 Å². The number of phenols is 1. The molecule has 4 rings (SSSR count). The molecule has 1 heterocycles. The monoisotopic (exact) mass is 505 g/mol. The minimum absolute atomic E-state index is 0.0942. The normalized spacial score (nSPS) is 17.4. The van der Waals surface area contributed by atoms with Crippen molar-refractivity contribution in [2.45, 2.75) is 36.3 Å². The Hall–Kier alpha value is -2.88.